The van der Waals surface area contributed by atoms with Crippen molar-refractivity contribution in [2.75, 3.05) is 14.1 Å². The quantitative estimate of drug-likeness (QED) is 0.867. The summed E-state index contributed by atoms with van der Waals surface area (Å²) in [6, 6.07) is 5.40. The van der Waals surface area contributed by atoms with Gasteiger partial charge >= 0.3 is 0 Å². The number of nitrogens with zero attached hydrogens (tertiary/aromatic N) is 2. The molecular weight excluding hydrogens is 226 g/mol. The zero-order chi connectivity index (χ0) is 11.8. The van der Waals surface area contributed by atoms with Gasteiger partial charge in [0.2, 0.25) is 10.0 Å². The van der Waals surface area contributed by atoms with Crippen LogP contribution in [0, 0.1) is 0 Å². The van der Waals surface area contributed by atoms with Crippen molar-refractivity contribution in [3.63, 3.8) is 0 Å². The van der Waals surface area contributed by atoms with Gasteiger partial charge < -0.3 is 4.98 Å². The highest BCUT2D eigenvalue weighted by Gasteiger charge is 2.14. The van der Waals surface area contributed by atoms with E-state index in [9.17, 15) is 8.42 Å². The lowest BCUT2D eigenvalue weighted by Gasteiger charge is -2.10. The van der Waals surface area contributed by atoms with Gasteiger partial charge in [-0.2, -0.15) is 0 Å². The van der Waals surface area contributed by atoms with E-state index in [1.54, 1.807) is 12.4 Å². The van der Waals surface area contributed by atoms with Gasteiger partial charge in [0.1, 0.15) is 0 Å². The highest BCUT2D eigenvalue weighted by molar-refractivity contribution is 7.88. The average molecular weight is 239 g/mol. The summed E-state index contributed by atoms with van der Waals surface area (Å²) in [7, 11) is -0.140. The Morgan fingerprint density at radius 2 is 2.12 bits per heavy atom. The van der Waals surface area contributed by atoms with Crippen LogP contribution in [-0.2, 0) is 15.8 Å². The van der Waals surface area contributed by atoms with E-state index in [2.05, 4.69) is 9.97 Å². The van der Waals surface area contributed by atoms with E-state index in [-0.39, 0.29) is 5.75 Å². The third-order valence-corrected chi connectivity index (χ3v) is 4.20. The smallest absolute Gasteiger partial charge is 0.217 e. The third kappa shape index (κ3) is 2.07. The number of H-pyrrole nitrogens is 1. The fourth-order valence-electron chi connectivity index (χ4n) is 1.41. The second-order valence-electron chi connectivity index (χ2n) is 3.79. The number of aromatic nitrogens is 2. The van der Waals surface area contributed by atoms with Gasteiger partial charge in [-0.25, -0.2) is 17.7 Å². The Morgan fingerprint density at radius 1 is 1.38 bits per heavy atom. The van der Waals surface area contributed by atoms with Crippen LogP contribution in [0.3, 0.4) is 0 Å². The summed E-state index contributed by atoms with van der Waals surface area (Å²) >= 11 is 0. The van der Waals surface area contributed by atoms with Crippen LogP contribution in [0.4, 0.5) is 0 Å². The molecule has 2 rings (SSSR count). The summed E-state index contributed by atoms with van der Waals surface area (Å²) in [5.41, 5.74) is 2.45. The van der Waals surface area contributed by atoms with Crippen molar-refractivity contribution < 1.29 is 8.42 Å². The third-order valence-electron chi connectivity index (χ3n) is 2.39. The summed E-state index contributed by atoms with van der Waals surface area (Å²) in [5.74, 6) is 0.00889. The van der Waals surface area contributed by atoms with E-state index in [0.717, 1.165) is 16.6 Å². The lowest BCUT2D eigenvalue weighted by Crippen LogP contribution is -2.23. The molecule has 0 aliphatic heterocycles. The van der Waals surface area contributed by atoms with Crippen LogP contribution in [0.5, 0.6) is 0 Å². The molecule has 0 amide bonds. The van der Waals surface area contributed by atoms with E-state index in [1.807, 2.05) is 12.1 Å². The summed E-state index contributed by atoms with van der Waals surface area (Å²) < 4.78 is 24.6. The molecule has 86 valence electrons. The molecule has 0 saturated heterocycles. The largest absolute Gasteiger partial charge is 0.345 e. The lowest BCUT2D eigenvalue weighted by molar-refractivity contribution is 0.520. The van der Waals surface area contributed by atoms with E-state index >= 15 is 0 Å². The van der Waals surface area contributed by atoms with Crippen LogP contribution in [0.1, 0.15) is 5.56 Å². The second kappa shape index (κ2) is 3.88. The Bertz CT molecular complexity index is 601. The number of sulfonamides is 1. The summed E-state index contributed by atoms with van der Waals surface area (Å²) in [5, 5.41) is 0. The van der Waals surface area contributed by atoms with E-state index < -0.39 is 10.0 Å². The van der Waals surface area contributed by atoms with E-state index in [1.165, 1.54) is 18.4 Å². The van der Waals surface area contributed by atoms with Crippen molar-refractivity contribution in [3.8, 4) is 0 Å². The van der Waals surface area contributed by atoms with Crippen molar-refractivity contribution in [2.24, 2.45) is 0 Å². The number of fused-ring (bicyclic) bond motifs is 1. The maximum Gasteiger partial charge on any atom is 0.217 e. The molecule has 0 aliphatic rings. The normalized spacial score (nSPS) is 12.4. The molecule has 0 aliphatic carbocycles. The number of aromatic amines is 1. The highest BCUT2D eigenvalue weighted by Crippen LogP contribution is 2.14. The molecule has 1 aromatic heterocycles. The number of benzene rings is 1. The average Bonchev–Trinajstić information content (AvgIpc) is 2.63. The first-order valence-electron chi connectivity index (χ1n) is 4.81. The summed E-state index contributed by atoms with van der Waals surface area (Å²) in [6.45, 7) is 0. The van der Waals surface area contributed by atoms with Crippen molar-refractivity contribution in [2.45, 2.75) is 5.75 Å². The number of nitrogens with one attached hydrogen (secondary N) is 1. The maximum atomic E-state index is 11.7. The lowest BCUT2D eigenvalue weighted by atomic mass is 10.2. The van der Waals surface area contributed by atoms with Crippen LogP contribution in [0.2, 0.25) is 0 Å². The van der Waals surface area contributed by atoms with Crippen LogP contribution in [0.25, 0.3) is 11.0 Å². The number of hydrogen-bond donors (Lipinski definition) is 1. The van der Waals surface area contributed by atoms with Crippen LogP contribution >= 0.6 is 0 Å². The Kier molecular flexibility index (Phi) is 2.69. The Labute approximate surface area is 94.2 Å². The molecular formula is C10H13N3O2S. The van der Waals surface area contributed by atoms with Gasteiger partial charge in [-0.05, 0) is 17.7 Å². The van der Waals surface area contributed by atoms with Crippen molar-refractivity contribution in [1.82, 2.24) is 14.3 Å². The minimum absolute atomic E-state index is 0.00889. The molecule has 0 saturated carbocycles. The van der Waals surface area contributed by atoms with Crippen molar-refractivity contribution >= 4 is 21.1 Å². The topological polar surface area (TPSA) is 66.1 Å². The minimum atomic E-state index is -3.20. The van der Waals surface area contributed by atoms with Gasteiger partial charge in [-0.15, -0.1) is 0 Å². The second-order valence-corrected chi connectivity index (χ2v) is 5.98. The summed E-state index contributed by atoms with van der Waals surface area (Å²) in [4.78, 5) is 7.03. The Morgan fingerprint density at radius 3 is 2.81 bits per heavy atom. The molecule has 1 aromatic carbocycles. The van der Waals surface area contributed by atoms with Crippen LogP contribution < -0.4 is 0 Å². The molecule has 5 nitrogen and oxygen atoms in total. The summed E-state index contributed by atoms with van der Waals surface area (Å²) in [6.07, 6.45) is 1.59. The van der Waals surface area contributed by atoms with Crippen molar-refractivity contribution in [3.05, 3.63) is 30.1 Å². The van der Waals surface area contributed by atoms with Gasteiger partial charge in [0, 0.05) is 14.1 Å². The molecule has 0 bridgehead atoms. The van der Waals surface area contributed by atoms with E-state index in [4.69, 9.17) is 0 Å². The molecule has 0 fully saturated rings. The molecule has 0 unspecified atom stereocenters. The van der Waals surface area contributed by atoms with Gasteiger partial charge in [0.15, 0.2) is 0 Å². The highest BCUT2D eigenvalue weighted by atomic mass is 32.2. The SMILES string of the molecule is CN(C)S(=O)(=O)Cc1ccc2nc[nH]c2c1. The number of hydrogen-bond acceptors (Lipinski definition) is 3. The molecule has 1 heterocycles. The molecule has 1 N–H and O–H groups in total. The zero-order valence-electron chi connectivity index (χ0n) is 9.14. The predicted molar refractivity (Wildman–Crippen MR) is 62.4 cm³/mol. The molecule has 6 heteroatoms. The fourth-order valence-corrected chi connectivity index (χ4v) is 2.27. The van der Waals surface area contributed by atoms with Crippen LogP contribution in [-0.4, -0.2) is 36.8 Å². The van der Waals surface area contributed by atoms with E-state index in [0.29, 0.717) is 0 Å². The molecule has 16 heavy (non-hydrogen) atoms. The fraction of sp³-hybridized carbons (Fsp3) is 0.300. The van der Waals surface area contributed by atoms with Gasteiger partial charge in [0.05, 0.1) is 23.1 Å². The zero-order valence-corrected chi connectivity index (χ0v) is 9.95. The Hall–Kier alpha value is -1.40. The molecule has 0 spiro atoms. The maximum absolute atomic E-state index is 11.7. The van der Waals surface area contributed by atoms with Gasteiger partial charge in [0.25, 0.3) is 0 Å². The van der Waals surface area contributed by atoms with Crippen LogP contribution in [0.15, 0.2) is 24.5 Å². The first kappa shape index (κ1) is 11.1. The molecule has 0 radical (unpaired) electrons. The molecule has 0 atom stereocenters. The minimum Gasteiger partial charge on any atom is -0.345 e. The van der Waals surface area contributed by atoms with Crippen molar-refractivity contribution in [1.29, 1.82) is 0 Å². The predicted octanol–water partition coefficient (Wildman–Crippen LogP) is 0.954. The number of rotatable bonds is 3. The standard InChI is InChI=1S/C10H13N3O2S/c1-13(2)16(14,15)6-8-3-4-9-10(5-8)12-7-11-9/h3-5,7H,6H2,1-2H3,(H,11,12). The first-order valence-corrected chi connectivity index (χ1v) is 6.42. The first-order chi connectivity index (χ1) is 7.49. The van der Waals surface area contributed by atoms with Gasteiger partial charge in [-0.3, -0.25) is 0 Å². The molecule has 2 aromatic rings. The Balaban J connectivity index is 2.34. The monoisotopic (exact) mass is 239 g/mol. The van der Waals surface area contributed by atoms with Gasteiger partial charge in [-0.1, -0.05) is 6.07 Å². The number of imidazole rings is 1.